The number of hydrogen-bond acceptors (Lipinski definition) is 5. The van der Waals surface area contributed by atoms with Crippen LogP contribution >= 0.6 is 46.4 Å². The highest BCUT2D eigenvalue weighted by molar-refractivity contribution is 6.44. The second kappa shape index (κ2) is 11.7. The van der Waals surface area contributed by atoms with Crippen molar-refractivity contribution in [2.45, 2.75) is 19.2 Å². The molecule has 2 unspecified atom stereocenters. The number of hydrogen-bond donors (Lipinski definition) is 2. The van der Waals surface area contributed by atoms with E-state index in [1.54, 1.807) is 43.5 Å². The maximum atomic E-state index is 13.4. The average molecular weight is 581 g/mol. The summed E-state index contributed by atoms with van der Waals surface area (Å²) in [7, 11) is 1.56. The molecule has 0 saturated heterocycles. The fourth-order valence-corrected chi connectivity index (χ4v) is 4.77. The van der Waals surface area contributed by atoms with Crippen LogP contribution in [0.5, 0.6) is 5.75 Å². The van der Waals surface area contributed by atoms with Crippen molar-refractivity contribution in [3.8, 4) is 5.75 Å². The van der Waals surface area contributed by atoms with Crippen LogP contribution in [0.15, 0.2) is 59.6 Å². The Bertz CT molecular complexity index is 1370. The predicted molar refractivity (Wildman–Crippen MR) is 147 cm³/mol. The van der Waals surface area contributed by atoms with E-state index in [9.17, 15) is 9.59 Å². The van der Waals surface area contributed by atoms with Gasteiger partial charge in [-0.2, -0.15) is 0 Å². The molecule has 1 aliphatic heterocycles. The highest BCUT2D eigenvalue weighted by atomic mass is 35.5. The minimum absolute atomic E-state index is 0.129. The molecule has 192 valence electrons. The van der Waals surface area contributed by atoms with E-state index in [0.717, 1.165) is 0 Å². The van der Waals surface area contributed by atoms with Crippen molar-refractivity contribution in [3.05, 3.63) is 91.4 Å². The highest BCUT2D eigenvalue weighted by Crippen LogP contribution is 2.34. The average Bonchev–Trinajstić information content (AvgIpc) is 2.98. The van der Waals surface area contributed by atoms with Crippen LogP contribution in [0.25, 0.3) is 0 Å². The minimum Gasteiger partial charge on any atom is -0.490 e. The number of benzene rings is 3. The molecule has 1 heterocycles. The first-order valence-corrected chi connectivity index (χ1v) is 12.6. The molecule has 0 bridgehead atoms. The third-order valence-electron chi connectivity index (χ3n) is 5.52. The molecule has 7 nitrogen and oxygen atoms in total. The van der Waals surface area contributed by atoms with Gasteiger partial charge in [-0.05, 0) is 43.3 Å². The van der Waals surface area contributed by atoms with E-state index in [0.29, 0.717) is 32.6 Å². The molecule has 2 atom stereocenters. The summed E-state index contributed by atoms with van der Waals surface area (Å²) >= 11 is 25.3. The van der Waals surface area contributed by atoms with Crippen LogP contribution < -0.4 is 15.4 Å². The molecular formula is C26H21Cl4N3O4. The van der Waals surface area contributed by atoms with E-state index in [-0.39, 0.29) is 34.1 Å². The summed E-state index contributed by atoms with van der Waals surface area (Å²) in [5.41, 5.74) is 1.85. The van der Waals surface area contributed by atoms with E-state index in [1.165, 1.54) is 18.2 Å². The third kappa shape index (κ3) is 6.20. The van der Waals surface area contributed by atoms with Crippen LogP contribution in [0.2, 0.25) is 20.1 Å². The van der Waals surface area contributed by atoms with Crippen LogP contribution in [0.1, 0.15) is 28.4 Å². The van der Waals surface area contributed by atoms with Crippen molar-refractivity contribution in [1.82, 2.24) is 5.32 Å². The van der Waals surface area contributed by atoms with Gasteiger partial charge in [-0.25, -0.2) is 4.99 Å². The Kier molecular flexibility index (Phi) is 8.62. The number of ether oxygens (including phenoxy) is 2. The largest absolute Gasteiger partial charge is 0.490 e. The number of carbonyl (C=O) groups excluding carboxylic acids is 2. The van der Waals surface area contributed by atoms with Crippen molar-refractivity contribution < 1.29 is 19.1 Å². The molecule has 0 fully saturated rings. The summed E-state index contributed by atoms with van der Waals surface area (Å²) in [5.74, 6) is -0.907. The van der Waals surface area contributed by atoms with Crippen LogP contribution in [0.4, 0.5) is 5.69 Å². The smallest absolute Gasteiger partial charge is 0.269 e. The van der Waals surface area contributed by atoms with Gasteiger partial charge in [0.05, 0.1) is 33.1 Å². The van der Waals surface area contributed by atoms with Crippen LogP contribution in [0.3, 0.4) is 0 Å². The number of carbonyl (C=O) groups is 2. The lowest BCUT2D eigenvalue weighted by atomic mass is 10.0. The Labute approximate surface area is 233 Å². The molecule has 4 rings (SSSR count). The summed E-state index contributed by atoms with van der Waals surface area (Å²) in [5, 5.41) is 6.60. The monoisotopic (exact) mass is 579 g/mol. The maximum Gasteiger partial charge on any atom is 0.269 e. The molecule has 2 N–H and O–H groups in total. The van der Waals surface area contributed by atoms with E-state index in [1.807, 2.05) is 6.92 Å². The number of fused-ring (bicyclic) bond motifs is 1. The zero-order chi connectivity index (χ0) is 26.7. The number of amides is 2. The van der Waals surface area contributed by atoms with Crippen LogP contribution in [-0.4, -0.2) is 43.5 Å². The molecular weight excluding hydrogens is 560 g/mol. The van der Waals surface area contributed by atoms with Gasteiger partial charge in [0, 0.05) is 28.3 Å². The number of aliphatic imine (C=N–C) groups is 1. The first kappa shape index (κ1) is 27.2. The van der Waals surface area contributed by atoms with Gasteiger partial charge in [0.2, 0.25) is 6.17 Å². The number of anilines is 1. The molecule has 0 aromatic heterocycles. The number of para-hydroxylation sites is 1. The van der Waals surface area contributed by atoms with Gasteiger partial charge in [-0.3, -0.25) is 9.59 Å². The van der Waals surface area contributed by atoms with Gasteiger partial charge in [0.1, 0.15) is 12.4 Å². The van der Waals surface area contributed by atoms with Crippen molar-refractivity contribution in [3.63, 3.8) is 0 Å². The quantitative estimate of drug-likeness (QED) is 0.345. The van der Waals surface area contributed by atoms with Gasteiger partial charge < -0.3 is 20.1 Å². The summed E-state index contributed by atoms with van der Waals surface area (Å²) in [6.07, 6.45) is -1.54. The fourth-order valence-electron chi connectivity index (χ4n) is 3.61. The van der Waals surface area contributed by atoms with Crippen LogP contribution in [-0.2, 0) is 9.53 Å². The molecule has 3 aromatic rings. The Balaban J connectivity index is 1.74. The second-order valence-corrected chi connectivity index (χ2v) is 9.82. The van der Waals surface area contributed by atoms with E-state index in [2.05, 4.69) is 15.6 Å². The summed E-state index contributed by atoms with van der Waals surface area (Å²) in [6, 6.07) is 14.7. The fraction of sp³-hybridized carbons (Fsp3) is 0.192. The number of nitrogens with zero attached hydrogens (tertiary/aromatic N) is 1. The number of rotatable bonds is 7. The first-order chi connectivity index (χ1) is 17.7. The summed E-state index contributed by atoms with van der Waals surface area (Å²) in [4.78, 5) is 31.1. The van der Waals surface area contributed by atoms with E-state index >= 15 is 0 Å². The molecule has 0 aliphatic carbocycles. The van der Waals surface area contributed by atoms with Crippen molar-refractivity contribution in [2.75, 3.05) is 19.0 Å². The molecule has 2 amide bonds. The zero-order valence-corrected chi connectivity index (χ0v) is 22.7. The molecule has 0 saturated carbocycles. The SMILES string of the molecule is COC(C)COc1ccc(Cl)cc1C(=O)NC1N=C(c2c(Cl)cc(Cl)cc2Cl)c2ccccc2NC1=O. The first-order valence-electron chi connectivity index (χ1n) is 11.1. The van der Waals surface area contributed by atoms with Gasteiger partial charge in [0.15, 0.2) is 0 Å². The van der Waals surface area contributed by atoms with Crippen molar-refractivity contribution in [2.24, 2.45) is 4.99 Å². The van der Waals surface area contributed by atoms with Crippen LogP contribution in [0, 0.1) is 0 Å². The zero-order valence-electron chi connectivity index (χ0n) is 19.7. The summed E-state index contributed by atoms with van der Waals surface area (Å²) < 4.78 is 11.0. The molecule has 0 radical (unpaired) electrons. The van der Waals surface area contributed by atoms with Gasteiger partial charge >= 0.3 is 0 Å². The molecule has 0 spiro atoms. The molecule has 3 aromatic carbocycles. The summed E-state index contributed by atoms with van der Waals surface area (Å²) in [6.45, 7) is 2.03. The Morgan fingerprint density at radius 3 is 2.46 bits per heavy atom. The molecule has 1 aliphatic rings. The topological polar surface area (TPSA) is 89.0 Å². The Hall–Kier alpha value is -2.81. The van der Waals surface area contributed by atoms with E-state index in [4.69, 9.17) is 55.9 Å². The standard InChI is InChI=1S/C26H21Cl4N3O4/c1-13(36-2)12-37-21-8-7-14(27)9-17(21)25(34)33-24-26(35)31-20-6-4-3-5-16(20)23(32-24)22-18(29)10-15(28)11-19(22)30/h3-11,13,24H,12H2,1-2H3,(H,31,35)(H,33,34). The Morgan fingerprint density at radius 2 is 1.76 bits per heavy atom. The number of methoxy groups -OCH3 is 1. The van der Waals surface area contributed by atoms with Gasteiger partial charge in [-0.15, -0.1) is 0 Å². The number of halogens is 4. The lowest BCUT2D eigenvalue weighted by Crippen LogP contribution is -2.42. The number of benzodiazepines with no additional fused rings is 1. The normalized spacial score (nSPS) is 15.7. The second-order valence-electron chi connectivity index (χ2n) is 8.13. The van der Waals surface area contributed by atoms with Crippen molar-refractivity contribution in [1.29, 1.82) is 0 Å². The van der Waals surface area contributed by atoms with Crippen molar-refractivity contribution >= 4 is 69.6 Å². The minimum atomic E-state index is -1.33. The molecule has 11 heteroatoms. The highest BCUT2D eigenvalue weighted by Gasteiger charge is 2.30. The maximum absolute atomic E-state index is 13.4. The number of nitrogens with one attached hydrogen (secondary N) is 2. The third-order valence-corrected chi connectivity index (χ3v) is 6.57. The molecule has 37 heavy (non-hydrogen) atoms. The predicted octanol–water partition coefficient (Wildman–Crippen LogP) is 6.26. The lowest BCUT2D eigenvalue weighted by Gasteiger charge is -2.17. The van der Waals surface area contributed by atoms with E-state index < -0.39 is 18.0 Å². The lowest BCUT2D eigenvalue weighted by molar-refractivity contribution is -0.117. The van der Waals surface area contributed by atoms with Gasteiger partial charge in [-0.1, -0.05) is 64.6 Å². The van der Waals surface area contributed by atoms with Gasteiger partial charge in [0.25, 0.3) is 11.8 Å². The Morgan fingerprint density at radius 1 is 1.05 bits per heavy atom.